The summed E-state index contributed by atoms with van der Waals surface area (Å²) in [5, 5.41) is -5.30. The van der Waals surface area contributed by atoms with E-state index in [1.165, 1.54) is 12.1 Å². The molecule has 0 amide bonds. The highest BCUT2D eigenvalue weighted by molar-refractivity contribution is 7.92. The molecule has 0 saturated carbocycles. The summed E-state index contributed by atoms with van der Waals surface area (Å²) in [6.07, 6.45) is -0.499. The second-order valence-electron chi connectivity index (χ2n) is 5.11. The van der Waals surface area contributed by atoms with Crippen LogP contribution < -0.4 is 4.74 Å². The lowest BCUT2D eigenvalue weighted by molar-refractivity contribution is -0.170. The van der Waals surface area contributed by atoms with E-state index in [1.54, 1.807) is 18.2 Å². The molecule has 0 aliphatic carbocycles. The van der Waals surface area contributed by atoms with Gasteiger partial charge in [0, 0.05) is 12.2 Å². The Morgan fingerprint density at radius 2 is 1.59 bits per heavy atom. The zero-order chi connectivity index (χ0) is 20.7. The first-order chi connectivity index (χ1) is 12.4. The van der Waals surface area contributed by atoms with E-state index in [1.807, 2.05) is 0 Å². The van der Waals surface area contributed by atoms with E-state index in [9.17, 15) is 35.6 Å². The summed E-state index contributed by atoms with van der Waals surface area (Å²) in [7, 11) is -5.36. The summed E-state index contributed by atoms with van der Waals surface area (Å²) in [6, 6.07) is 7.80. The van der Waals surface area contributed by atoms with Crippen LogP contribution in [0, 0.1) is 0 Å². The third-order valence-corrected chi connectivity index (χ3v) is 5.01. The average molecular weight is 412 g/mol. The van der Waals surface area contributed by atoms with Crippen molar-refractivity contribution < 1.29 is 45.0 Å². The fourth-order valence-corrected chi connectivity index (χ4v) is 2.58. The van der Waals surface area contributed by atoms with Crippen LogP contribution in [0.2, 0.25) is 0 Å². The molecule has 0 aliphatic rings. The Morgan fingerprint density at radius 3 is 2.15 bits per heavy atom. The molecule has 1 aromatic rings. The van der Waals surface area contributed by atoms with Gasteiger partial charge in [-0.1, -0.05) is 25.1 Å². The third kappa shape index (κ3) is 6.05. The molecule has 0 aliphatic heterocycles. The van der Waals surface area contributed by atoms with Crippen molar-refractivity contribution in [3.8, 4) is 5.75 Å². The molecule has 0 aromatic heterocycles. The van der Waals surface area contributed by atoms with Gasteiger partial charge in [-0.3, -0.25) is 0 Å². The third-order valence-electron chi connectivity index (χ3n) is 3.17. The zero-order valence-electron chi connectivity index (χ0n) is 14.0. The van der Waals surface area contributed by atoms with Crippen LogP contribution in [0.5, 0.6) is 5.75 Å². The number of esters is 2. The van der Waals surface area contributed by atoms with Crippen molar-refractivity contribution in [1.29, 1.82) is 0 Å². The van der Waals surface area contributed by atoms with Gasteiger partial charge in [0.05, 0.1) is 18.8 Å². The van der Waals surface area contributed by atoms with Crippen LogP contribution in [0.25, 0.3) is 0 Å². The van der Waals surface area contributed by atoms with Crippen molar-refractivity contribution in [3.05, 3.63) is 42.5 Å². The molecular weight excluding hydrogens is 396 g/mol. The topological polar surface area (TPSA) is 86.7 Å². The summed E-state index contributed by atoms with van der Waals surface area (Å²) in [6.45, 7) is -0.378. The van der Waals surface area contributed by atoms with E-state index >= 15 is 0 Å². The van der Waals surface area contributed by atoms with Crippen LogP contribution in [-0.2, 0) is 24.2 Å². The second-order valence-corrected chi connectivity index (χ2v) is 7.43. The second kappa shape index (κ2) is 8.98. The van der Waals surface area contributed by atoms with Gasteiger partial charge in [-0.2, -0.15) is 17.6 Å². The molecule has 0 atom stereocenters. The van der Waals surface area contributed by atoms with Crippen molar-refractivity contribution in [1.82, 2.24) is 0 Å². The number of sulfone groups is 1. The highest BCUT2D eigenvalue weighted by atomic mass is 32.2. The molecule has 11 heteroatoms. The molecule has 1 aromatic carbocycles. The molecular formula is C16H16F4O6S. The SMILES string of the molecule is CCS(=O)(=O)C(F)(F)C(F)(F)CCOC(=O)/C=C\C(=O)Oc1ccccc1. The molecule has 0 spiro atoms. The minimum absolute atomic E-state index is 0.194. The van der Waals surface area contributed by atoms with E-state index < -0.39 is 51.7 Å². The molecule has 0 fully saturated rings. The van der Waals surface area contributed by atoms with Crippen LogP contribution in [0.3, 0.4) is 0 Å². The predicted molar refractivity (Wildman–Crippen MR) is 86.1 cm³/mol. The molecule has 6 nitrogen and oxygen atoms in total. The summed E-state index contributed by atoms with van der Waals surface area (Å²) < 4.78 is 85.0. The Bertz CT molecular complexity index is 790. The lowest BCUT2D eigenvalue weighted by Crippen LogP contribution is -2.48. The number of ether oxygens (including phenoxy) is 2. The van der Waals surface area contributed by atoms with Crippen LogP contribution in [0.15, 0.2) is 42.5 Å². The van der Waals surface area contributed by atoms with Crippen LogP contribution in [-0.4, -0.2) is 43.9 Å². The van der Waals surface area contributed by atoms with Crippen molar-refractivity contribution in [2.24, 2.45) is 0 Å². The summed E-state index contributed by atoms with van der Waals surface area (Å²) >= 11 is 0. The number of benzene rings is 1. The van der Waals surface area contributed by atoms with Gasteiger partial charge < -0.3 is 9.47 Å². The van der Waals surface area contributed by atoms with Crippen LogP contribution >= 0.6 is 0 Å². The van der Waals surface area contributed by atoms with Crippen molar-refractivity contribution in [2.75, 3.05) is 12.4 Å². The average Bonchev–Trinajstić information content (AvgIpc) is 2.60. The van der Waals surface area contributed by atoms with E-state index in [2.05, 4.69) is 4.74 Å². The fourth-order valence-electron chi connectivity index (χ4n) is 1.66. The lowest BCUT2D eigenvalue weighted by atomic mass is 10.2. The Kier molecular flexibility index (Phi) is 7.52. The Hall–Kier alpha value is -2.43. The van der Waals surface area contributed by atoms with E-state index in [0.717, 1.165) is 6.92 Å². The lowest BCUT2D eigenvalue weighted by Gasteiger charge is -2.25. The molecule has 1 rings (SSSR count). The smallest absolute Gasteiger partial charge is 0.407 e. The van der Waals surface area contributed by atoms with Crippen molar-refractivity contribution in [3.63, 3.8) is 0 Å². The van der Waals surface area contributed by atoms with Gasteiger partial charge in [-0.05, 0) is 12.1 Å². The quantitative estimate of drug-likeness (QED) is 0.268. The van der Waals surface area contributed by atoms with E-state index in [-0.39, 0.29) is 5.75 Å². The molecule has 0 radical (unpaired) electrons. The number of carbonyl (C=O) groups excluding carboxylic acids is 2. The first kappa shape index (κ1) is 22.6. The Labute approximate surface area is 152 Å². The number of para-hydroxylation sites is 1. The van der Waals surface area contributed by atoms with Gasteiger partial charge in [0.2, 0.25) is 9.84 Å². The first-order valence-electron chi connectivity index (χ1n) is 7.52. The summed E-state index contributed by atoms with van der Waals surface area (Å²) in [4.78, 5) is 22.7. The molecule has 150 valence electrons. The van der Waals surface area contributed by atoms with Crippen molar-refractivity contribution >= 4 is 21.8 Å². The highest BCUT2D eigenvalue weighted by Gasteiger charge is 2.64. The van der Waals surface area contributed by atoms with Gasteiger partial charge in [0.15, 0.2) is 0 Å². The summed E-state index contributed by atoms with van der Waals surface area (Å²) in [5.74, 6) is -8.14. The minimum atomic E-state index is -5.36. The molecule has 0 unspecified atom stereocenters. The van der Waals surface area contributed by atoms with Crippen molar-refractivity contribution in [2.45, 2.75) is 24.5 Å². The number of alkyl halides is 4. The summed E-state index contributed by atoms with van der Waals surface area (Å²) in [5.41, 5.74) is 0. The van der Waals surface area contributed by atoms with Crippen LogP contribution in [0.4, 0.5) is 17.6 Å². The van der Waals surface area contributed by atoms with E-state index in [4.69, 9.17) is 4.74 Å². The van der Waals surface area contributed by atoms with Gasteiger partial charge >= 0.3 is 23.1 Å². The highest BCUT2D eigenvalue weighted by Crippen LogP contribution is 2.41. The standard InChI is InChI=1S/C16H16F4O6S/c1-2-27(23,24)16(19,20)15(17,18)10-11-25-13(21)8-9-14(22)26-12-6-4-3-5-7-12/h3-9H,2,10-11H2,1H3/b9-8-. The number of halogens is 4. The molecule has 0 N–H and O–H groups in total. The largest absolute Gasteiger partial charge is 0.462 e. The molecule has 0 heterocycles. The van der Waals surface area contributed by atoms with Crippen LogP contribution in [0.1, 0.15) is 13.3 Å². The predicted octanol–water partition coefficient (Wildman–Crippen LogP) is 2.74. The first-order valence-corrected chi connectivity index (χ1v) is 9.18. The molecule has 27 heavy (non-hydrogen) atoms. The fraction of sp³-hybridized carbons (Fsp3) is 0.375. The van der Waals surface area contributed by atoms with E-state index in [0.29, 0.717) is 12.2 Å². The monoisotopic (exact) mass is 412 g/mol. The molecule has 0 bridgehead atoms. The minimum Gasteiger partial charge on any atom is -0.462 e. The maximum Gasteiger partial charge on any atom is 0.407 e. The molecule has 0 saturated heterocycles. The maximum absolute atomic E-state index is 13.5. The van der Waals surface area contributed by atoms with Gasteiger partial charge in [0.25, 0.3) is 0 Å². The number of hydrogen-bond acceptors (Lipinski definition) is 6. The number of hydrogen-bond donors (Lipinski definition) is 0. The van der Waals surface area contributed by atoms with Gasteiger partial charge in [-0.15, -0.1) is 0 Å². The van der Waals surface area contributed by atoms with Gasteiger partial charge in [-0.25, -0.2) is 18.0 Å². The number of rotatable bonds is 9. The zero-order valence-corrected chi connectivity index (χ0v) is 14.8. The normalized spacial score (nSPS) is 12.8. The Morgan fingerprint density at radius 1 is 1.04 bits per heavy atom. The number of carbonyl (C=O) groups is 2. The maximum atomic E-state index is 13.5. The Balaban J connectivity index is 2.53. The van der Waals surface area contributed by atoms with Gasteiger partial charge in [0.1, 0.15) is 5.75 Å².